The van der Waals surface area contributed by atoms with Crippen LogP contribution in [0.25, 0.3) is 0 Å². The van der Waals surface area contributed by atoms with Gasteiger partial charge in [0, 0.05) is 25.2 Å². The summed E-state index contributed by atoms with van der Waals surface area (Å²) < 4.78 is 31.6. The number of hydrogen-bond acceptors (Lipinski definition) is 4. The first-order valence-corrected chi connectivity index (χ1v) is 11.6. The molecule has 6 nitrogen and oxygen atoms in total. The van der Waals surface area contributed by atoms with Crippen LogP contribution in [-0.2, 0) is 21.4 Å². The van der Waals surface area contributed by atoms with Crippen LogP contribution in [0, 0.1) is 0 Å². The summed E-state index contributed by atoms with van der Waals surface area (Å²) in [7, 11) is -1.67. The maximum Gasteiger partial charge on any atom is 0.227 e. The van der Waals surface area contributed by atoms with Crippen molar-refractivity contribution in [1.82, 2.24) is 4.31 Å². The summed E-state index contributed by atoms with van der Waals surface area (Å²) in [6.07, 6.45) is 2.34. The fraction of sp³-hybridized carbons (Fsp3) is 0.409. The summed E-state index contributed by atoms with van der Waals surface area (Å²) in [5.41, 5.74) is 1.78. The van der Waals surface area contributed by atoms with Gasteiger partial charge < -0.3 is 9.64 Å². The van der Waals surface area contributed by atoms with Crippen LogP contribution in [-0.4, -0.2) is 44.6 Å². The Labute approximate surface area is 173 Å². The fourth-order valence-corrected chi connectivity index (χ4v) is 5.07. The van der Waals surface area contributed by atoms with E-state index in [1.54, 1.807) is 16.3 Å². The van der Waals surface area contributed by atoms with Crippen molar-refractivity contribution in [2.75, 3.05) is 30.9 Å². The van der Waals surface area contributed by atoms with Crippen LogP contribution in [0.4, 0.5) is 5.69 Å². The van der Waals surface area contributed by atoms with Crippen LogP contribution in [0.1, 0.15) is 31.2 Å². The van der Waals surface area contributed by atoms with E-state index in [1.807, 2.05) is 54.6 Å². The lowest BCUT2D eigenvalue weighted by Gasteiger charge is -2.24. The second-order valence-electron chi connectivity index (χ2n) is 7.19. The average molecular weight is 417 g/mol. The Kier molecular flexibility index (Phi) is 7.28. The van der Waals surface area contributed by atoms with Crippen LogP contribution in [0.3, 0.4) is 0 Å². The highest BCUT2D eigenvalue weighted by Gasteiger charge is 2.25. The molecular weight excluding hydrogens is 388 g/mol. The predicted octanol–water partition coefficient (Wildman–Crippen LogP) is 3.43. The molecule has 0 radical (unpaired) electrons. The van der Waals surface area contributed by atoms with Crippen molar-refractivity contribution < 1.29 is 17.9 Å². The molecule has 2 aromatic carbocycles. The quantitative estimate of drug-likeness (QED) is 0.628. The van der Waals surface area contributed by atoms with Crippen molar-refractivity contribution in [1.29, 1.82) is 0 Å². The van der Waals surface area contributed by atoms with E-state index < -0.39 is 10.0 Å². The van der Waals surface area contributed by atoms with Gasteiger partial charge in [-0.25, -0.2) is 12.7 Å². The maximum atomic E-state index is 13.0. The van der Waals surface area contributed by atoms with Crippen molar-refractivity contribution in [2.24, 2.45) is 0 Å². The largest absolute Gasteiger partial charge is 0.497 e. The summed E-state index contributed by atoms with van der Waals surface area (Å²) in [6.45, 7) is 1.63. The van der Waals surface area contributed by atoms with Gasteiger partial charge in [-0.2, -0.15) is 0 Å². The highest BCUT2D eigenvalue weighted by molar-refractivity contribution is 7.89. The maximum absolute atomic E-state index is 13.0. The molecule has 7 heteroatoms. The molecule has 0 atom stereocenters. The Morgan fingerprint density at radius 3 is 2.31 bits per heavy atom. The lowest BCUT2D eigenvalue weighted by atomic mass is 10.1. The molecule has 29 heavy (non-hydrogen) atoms. The first-order chi connectivity index (χ1) is 14.0. The monoisotopic (exact) mass is 416 g/mol. The number of carbonyl (C=O) groups excluding carboxylic acids is 1. The third-order valence-corrected chi connectivity index (χ3v) is 7.08. The Bertz CT molecular complexity index is 892. The third-order valence-electron chi connectivity index (χ3n) is 5.12. The molecule has 3 rings (SSSR count). The van der Waals surface area contributed by atoms with Gasteiger partial charge in [0.05, 0.1) is 19.4 Å². The normalized spacial score (nSPS) is 14.7. The molecule has 1 aliphatic heterocycles. The van der Waals surface area contributed by atoms with E-state index in [-0.39, 0.29) is 18.1 Å². The highest BCUT2D eigenvalue weighted by Crippen LogP contribution is 2.23. The van der Waals surface area contributed by atoms with Crippen LogP contribution in [0.2, 0.25) is 0 Å². The van der Waals surface area contributed by atoms with E-state index in [9.17, 15) is 13.2 Å². The van der Waals surface area contributed by atoms with Gasteiger partial charge in [-0.1, -0.05) is 30.3 Å². The van der Waals surface area contributed by atoms with Crippen molar-refractivity contribution in [3.05, 3.63) is 60.2 Å². The number of hydrogen-bond donors (Lipinski definition) is 0. The molecular formula is C22H28N2O4S. The van der Waals surface area contributed by atoms with E-state index in [0.717, 1.165) is 29.8 Å². The van der Waals surface area contributed by atoms with Gasteiger partial charge in [-0.15, -0.1) is 0 Å². The predicted molar refractivity (Wildman–Crippen MR) is 114 cm³/mol. The van der Waals surface area contributed by atoms with Gasteiger partial charge in [0.25, 0.3) is 0 Å². The zero-order valence-corrected chi connectivity index (χ0v) is 17.6. The van der Waals surface area contributed by atoms with Crippen LogP contribution < -0.4 is 9.64 Å². The average Bonchev–Trinajstić information content (AvgIpc) is 3.29. The van der Waals surface area contributed by atoms with Crippen molar-refractivity contribution in [3.8, 4) is 5.75 Å². The first-order valence-electron chi connectivity index (χ1n) is 9.96. The Balaban J connectivity index is 1.68. The molecule has 0 saturated carbocycles. The topological polar surface area (TPSA) is 66.9 Å². The number of sulfonamides is 1. The number of amides is 1. The van der Waals surface area contributed by atoms with E-state index in [0.29, 0.717) is 26.1 Å². The van der Waals surface area contributed by atoms with Gasteiger partial charge in [-0.05, 0) is 49.1 Å². The Morgan fingerprint density at radius 2 is 1.69 bits per heavy atom. The smallest absolute Gasteiger partial charge is 0.227 e. The fourth-order valence-electron chi connectivity index (χ4n) is 3.49. The summed E-state index contributed by atoms with van der Waals surface area (Å²) in [4.78, 5) is 14.7. The molecule has 156 valence electrons. The number of methoxy groups -OCH3 is 1. The number of rotatable bonds is 9. The summed E-state index contributed by atoms with van der Waals surface area (Å²) in [5, 5.41) is 0. The van der Waals surface area contributed by atoms with Gasteiger partial charge >= 0.3 is 0 Å². The molecule has 1 heterocycles. The van der Waals surface area contributed by atoms with Gasteiger partial charge in [0.1, 0.15) is 5.75 Å². The van der Waals surface area contributed by atoms with Crippen LogP contribution in [0.15, 0.2) is 54.6 Å². The van der Waals surface area contributed by atoms with E-state index in [4.69, 9.17) is 4.74 Å². The Morgan fingerprint density at radius 1 is 1.03 bits per heavy atom. The second-order valence-corrected chi connectivity index (χ2v) is 9.28. The van der Waals surface area contributed by atoms with Crippen molar-refractivity contribution >= 4 is 21.6 Å². The zero-order chi connectivity index (χ0) is 20.7. The van der Waals surface area contributed by atoms with Crippen molar-refractivity contribution in [2.45, 2.75) is 32.2 Å². The third kappa shape index (κ3) is 5.81. The molecule has 0 spiro atoms. The molecule has 0 bridgehead atoms. The first kappa shape index (κ1) is 21.3. The van der Waals surface area contributed by atoms with Crippen LogP contribution >= 0.6 is 0 Å². The van der Waals surface area contributed by atoms with Gasteiger partial charge in [0.2, 0.25) is 15.9 Å². The molecule has 1 fully saturated rings. The van der Waals surface area contributed by atoms with E-state index in [1.165, 1.54) is 0 Å². The lowest BCUT2D eigenvalue weighted by molar-refractivity contribution is -0.118. The lowest BCUT2D eigenvalue weighted by Crippen LogP contribution is -2.32. The minimum absolute atomic E-state index is 0.0144. The van der Waals surface area contributed by atoms with E-state index >= 15 is 0 Å². The molecule has 0 N–H and O–H groups in total. The Hall–Kier alpha value is -2.38. The van der Waals surface area contributed by atoms with Gasteiger partial charge in [-0.3, -0.25) is 4.79 Å². The zero-order valence-electron chi connectivity index (χ0n) is 16.8. The molecule has 1 saturated heterocycles. The van der Waals surface area contributed by atoms with E-state index in [2.05, 4.69) is 0 Å². The molecule has 0 aromatic heterocycles. The van der Waals surface area contributed by atoms with Crippen LogP contribution in [0.5, 0.6) is 5.75 Å². The summed E-state index contributed by atoms with van der Waals surface area (Å²) in [5.74, 6) is 0.647. The number of anilines is 1. The number of nitrogens with zero attached hydrogens (tertiary/aromatic N) is 2. The standard InChI is InChI=1S/C22H28N2O4S/c1-28-21-13-11-20(12-14-21)24(18-19-8-3-2-4-9-19)22(25)10-7-17-29(26,27)23-15-5-6-16-23/h2-4,8-9,11-14H,5-7,10,15-18H2,1H3. The number of carbonyl (C=O) groups is 1. The molecule has 1 aliphatic rings. The molecule has 1 amide bonds. The minimum Gasteiger partial charge on any atom is -0.497 e. The molecule has 0 aliphatic carbocycles. The number of ether oxygens (including phenoxy) is 1. The summed E-state index contributed by atoms with van der Waals surface area (Å²) in [6, 6.07) is 17.1. The highest BCUT2D eigenvalue weighted by atomic mass is 32.2. The molecule has 0 unspecified atom stereocenters. The summed E-state index contributed by atoms with van der Waals surface area (Å²) >= 11 is 0. The number of benzene rings is 2. The van der Waals surface area contributed by atoms with Gasteiger partial charge in [0.15, 0.2) is 0 Å². The molecule has 2 aromatic rings. The second kappa shape index (κ2) is 9.89. The van der Waals surface area contributed by atoms with Crippen molar-refractivity contribution in [3.63, 3.8) is 0 Å². The minimum atomic E-state index is -3.27. The SMILES string of the molecule is COc1ccc(N(Cc2ccccc2)C(=O)CCCS(=O)(=O)N2CCCC2)cc1.